The van der Waals surface area contributed by atoms with E-state index in [1.165, 1.54) is 0 Å². The van der Waals surface area contributed by atoms with Crippen LogP contribution in [0.3, 0.4) is 0 Å². The molecule has 1 amide bonds. The average molecular weight is 251 g/mol. The van der Waals surface area contributed by atoms with Crippen LogP contribution < -0.4 is 16.4 Å². The molecule has 0 aliphatic carbocycles. The van der Waals surface area contributed by atoms with Crippen molar-refractivity contribution >= 4 is 23.3 Å². The number of amides is 1. The maximum atomic E-state index is 11.6. The summed E-state index contributed by atoms with van der Waals surface area (Å²) in [6.07, 6.45) is 0. The van der Waals surface area contributed by atoms with Crippen LogP contribution in [0.4, 0.5) is 11.4 Å². The summed E-state index contributed by atoms with van der Waals surface area (Å²) in [6, 6.07) is 4.86. The van der Waals surface area contributed by atoms with Gasteiger partial charge in [0.25, 0.3) is 0 Å². The van der Waals surface area contributed by atoms with Crippen LogP contribution in [0.15, 0.2) is 18.2 Å². The molecule has 0 saturated heterocycles. The van der Waals surface area contributed by atoms with E-state index in [9.17, 15) is 9.59 Å². The van der Waals surface area contributed by atoms with Gasteiger partial charge in [-0.3, -0.25) is 4.79 Å². The second-order valence-corrected chi connectivity index (χ2v) is 3.55. The van der Waals surface area contributed by atoms with Crippen LogP contribution in [-0.4, -0.2) is 32.1 Å². The third kappa shape index (κ3) is 3.65. The fourth-order valence-corrected chi connectivity index (χ4v) is 1.32. The van der Waals surface area contributed by atoms with Gasteiger partial charge < -0.3 is 21.1 Å². The number of rotatable bonds is 5. The highest BCUT2D eigenvalue weighted by molar-refractivity contribution is 5.96. The van der Waals surface area contributed by atoms with E-state index in [1.807, 2.05) is 0 Å². The second kappa shape index (κ2) is 6.48. The van der Waals surface area contributed by atoms with E-state index in [0.717, 1.165) is 0 Å². The largest absolute Gasteiger partial charge is 0.462 e. The molecule has 0 aromatic heterocycles. The highest BCUT2D eigenvalue weighted by Crippen LogP contribution is 2.18. The zero-order valence-corrected chi connectivity index (χ0v) is 10.4. The molecule has 0 atom stereocenters. The SMILES string of the molecule is CCOC(=O)c1cc(NCC(=O)NC)ccc1N. The van der Waals surface area contributed by atoms with Gasteiger partial charge in [-0.05, 0) is 25.1 Å². The number of likely N-dealkylation sites (N-methyl/N-ethyl adjacent to an activating group) is 1. The van der Waals surface area contributed by atoms with E-state index in [0.29, 0.717) is 16.9 Å². The summed E-state index contributed by atoms with van der Waals surface area (Å²) in [7, 11) is 1.55. The fourth-order valence-electron chi connectivity index (χ4n) is 1.32. The molecule has 1 aromatic carbocycles. The molecular weight excluding hydrogens is 234 g/mol. The summed E-state index contributed by atoms with van der Waals surface area (Å²) in [5.41, 5.74) is 6.97. The number of carbonyl (C=O) groups excluding carboxylic acids is 2. The summed E-state index contributed by atoms with van der Waals surface area (Å²) in [5, 5.41) is 5.37. The Morgan fingerprint density at radius 3 is 2.72 bits per heavy atom. The number of esters is 1. The van der Waals surface area contributed by atoms with Crippen molar-refractivity contribution in [1.82, 2.24) is 5.32 Å². The van der Waals surface area contributed by atoms with E-state index in [2.05, 4.69) is 10.6 Å². The maximum Gasteiger partial charge on any atom is 0.340 e. The third-order valence-electron chi connectivity index (χ3n) is 2.28. The first-order chi connectivity index (χ1) is 8.58. The Balaban J connectivity index is 2.80. The van der Waals surface area contributed by atoms with E-state index in [-0.39, 0.29) is 19.1 Å². The first-order valence-corrected chi connectivity index (χ1v) is 5.59. The highest BCUT2D eigenvalue weighted by atomic mass is 16.5. The van der Waals surface area contributed by atoms with Gasteiger partial charge in [0.15, 0.2) is 0 Å². The van der Waals surface area contributed by atoms with E-state index in [4.69, 9.17) is 10.5 Å². The van der Waals surface area contributed by atoms with Gasteiger partial charge in [0, 0.05) is 18.4 Å². The van der Waals surface area contributed by atoms with Crippen molar-refractivity contribution < 1.29 is 14.3 Å². The molecule has 0 unspecified atom stereocenters. The molecule has 1 aromatic rings. The first-order valence-electron chi connectivity index (χ1n) is 5.59. The second-order valence-electron chi connectivity index (χ2n) is 3.55. The lowest BCUT2D eigenvalue weighted by Crippen LogP contribution is -2.26. The fraction of sp³-hybridized carbons (Fsp3) is 0.333. The Kier molecular flexibility index (Phi) is 4.98. The van der Waals surface area contributed by atoms with E-state index < -0.39 is 5.97 Å². The molecule has 0 bridgehead atoms. The summed E-state index contributed by atoms with van der Waals surface area (Å²) < 4.78 is 4.88. The molecule has 98 valence electrons. The predicted molar refractivity (Wildman–Crippen MR) is 69.4 cm³/mol. The number of ether oxygens (including phenoxy) is 1. The molecule has 0 heterocycles. The summed E-state index contributed by atoms with van der Waals surface area (Å²) in [5.74, 6) is -0.622. The number of nitrogens with two attached hydrogens (primary N) is 1. The van der Waals surface area contributed by atoms with Gasteiger partial charge in [0.1, 0.15) is 0 Å². The molecule has 0 aliphatic rings. The minimum Gasteiger partial charge on any atom is -0.462 e. The van der Waals surface area contributed by atoms with Crippen molar-refractivity contribution in [1.29, 1.82) is 0 Å². The Bertz CT molecular complexity index is 446. The summed E-state index contributed by atoms with van der Waals surface area (Å²) >= 11 is 0. The van der Waals surface area contributed by atoms with Gasteiger partial charge in [-0.25, -0.2) is 4.79 Å². The minimum atomic E-state index is -0.474. The van der Waals surface area contributed by atoms with Gasteiger partial charge in [-0.1, -0.05) is 0 Å². The standard InChI is InChI=1S/C12H17N3O3/c1-3-18-12(17)9-6-8(4-5-10(9)13)15-7-11(16)14-2/h4-6,15H,3,7,13H2,1-2H3,(H,14,16). The topological polar surface area (TPSA) is 93.4 Å². The zero-order chi connectivity index (χ0) is 13.5. The molecular formula is C12H17N3O3. The predicted octanol–water partition coefficient (Wildman–Crippen LogP) is 0.603. The van der Waals surface area contributed by atoms with Gasteiger partial charge in [-0.15, -0.1) is 0 Å². The van der Waals surface area contributed by atoms with Gasteiger partial charge in [-0.2, -0.15) is 0 Å². The number of carbonyl (C=O) groups is 2. The Morgan fingerprint density at radius 1 is 1.39 bits per heavy atom. The van der Waals surface area contributed by atoms with Crippen molar-refractivity contribution in [3.8, 4) is 0 Å². The lowest BCUT2D eigenvalue weighted by molar-refractivity contribution is -0.118. The monoisotopic (exact) mass is 251 g/mol. The van der Waals surface area contributed by atoms with Crippen LogP contribution >= 0.6 is 0 Å². The van der Waals surface area contributed by atoms with Crippen LogP contribution in [0.5, 0.6) is 0 Å². The maximum absolute atomic E-state index is 11.6. The van der Waals surface area contributed by atoms with E-state index >= 15 is 0 Å². The third-order valence-corrected chi connectivity index (χ3v) is 2.28. The first kappa shape index (κ1) is 13.8. The molecule has 1 rings (SSSR count). The average Bonchev–Trinajstić information content (AvgIpc) is 2.37. The molecule has 6 heteroatoms. The smallest absolute Gasteiger partial charge is 0.340 e. The Labute approximate surface area is 105 Å². The zero-order valence-electron chi connectivity index (χ0n) is 10.4. The quantitative estimate of drug-likeness (QED) is 0.526. The number of anilines is 2. The normalized spacial score (nSPS) is 9.67. The van der Waals surface area contributed by atoms with Crippen molar-refractivity contribution in [3.63, 3.8) is 0 Å². The summed E-state index contributed by atoms with van der Waals surface area (Å²) in [4.78, 5) is 22.7. The lowest BCUT2D eigenvalue weighted by Gasteiger charge is -2.09. The summed E-state index contributed by atoms with van der Waals surface area (Å²) in [6.45, 7) is 2.14. The number of benzene rings is 1. The van der Waals surface area contributed by atoms with Crippen LogP contribution in [0.2, 0.25) is 0 Å². The molecule has 0 aliphatic heterocycles. The Hall–Kier alpha value is -2.24. The number of nitrogen functional groups attached to an aromatic ring is 1. The minimum absolute atomic E-state index is 0.128. The van der Waals surface area contributed by atoms with Crippen LogP contribution in [0, 0.1) is 0 Å². The van der Waals surface area contributed by atoms with Gasteiger partial charge >= 0.3 is 5.97 Å². The van der Waals surface area contributed by atoms with Gasteiger partial charge in [0.05, 0.1) is 18.7 Å². The molecule has 6 nitrogen and oxygen atoms in total. The molecule has 4 N–H and O–H groups in total. The van der Waals surface area contributed by atoms with Crippen molar-refractivity contribution in [2.45, 2.75) is 6.92 Å². The van der Waals surface area contributed by atoms with Crippen molar-refractivity contribution in [3.05, 3.63) is 23.8 Å². The molecule has 0 fully saturated rings. The lowest BCUT2D eigenvalue weighted by atomic mass is 10.1. The molecule has 0 spiro atoms. The molecule has 18 heavy (non-hydrogen) atoms. The van der Waals surface area contributed by atoms with Crippen LogP contribution in [-0.2, 0) is 9.53 Å². The number of nitrogens with one attached hydrogen (secondary N) is 2. The Morgan fingerprint density at radius 2 is 2.11 bits per heavy atom. The van der Waals surface area contributed by atoms with Crippen LogP contribution in [0.1, 0.15) is 17.3 Å². The highest BCUT2D eigenvalue weighted by Gasteiger charge is 2.11. The van der Waals surface area contributed by atoms with Crippen molar-refractivity contribution in [2.24, 2.45) is 0 Å². The molecule has 0 radical (unpaired) electrons. The molecule has 0 saturated carbocycles. The van der Waals surface area contributed by atoms with Gasteiger partial charge in [0.2, 0.25) is 5.91 Å². The number of hydrogen-bond acceptors (Lipinski definition) is 5. The van der Waals surface area contributed by atoms with Crippen LogP contribution in [0.25, 0.3) is 0 Å². The van der Waals surface area contributed by atoms with Crippen molar-refractivity contribution in [2.75, 3.05) is 31.2 Å². The van der Waals surface area contributed by atoms with E-state index in [1.54, 1.807) is 32.2 Å². The number of hydrogen-bond donors (Lipinski definition) is 3.